The first-order valence-electron chi connectivity index (χ1n) is 7.90. The van der Waals surface area contributed by atoms with Gasteiger partial charge in [0.1, 0.15) is 0 Å². The van der Waals surface area contributed by atoms with Crippen molar-refractivity contribution in [2.45, 2.75) is 6.54 Å². The van der Waals surface area contributed by atoms with Crippen LogP contribution in [0.3, 0.4) is 0 Å². The summed E-state index contributed by atoms with van der Waals surface area (Å²) in [5.41, 5.74) is 3.53. The fraction of sp³-hybridized carbons (Fsp3) is 0.222. The lowest BCUT2D eigenvalue weighted by Crippen LogP contribution is -2.26. The Morgan fingerprint density at radius 2 is 1.88 bits per heavy atom. The average molecular weight is 336 g/mol. The van der Waals surface area contributed by atoms with Crippen molar-refractivity contribution in [2.24, 2.45) is 0 Å². The SMILES string of the molecule is CN(Cc1cccc(-c2nn[nH]n2)c1)C(=O)c1cccc(N(C)C)c1. The molecule has 1 aromatic heterocycles. The number of nitrogens with one attached hydrogen (secondary N) is 1. The van der Waals surface area contributed by atoms with Crippen LogP contribution in [0.15, 0.2) is 48.5 Å². The molecule has 7 heteroatoms. The van der Waals surface area contributed by atoms with Crippen LogP contribution in [0.2, 0.25) is 0 Å². The first kappa shape index (κ1) is 16.6. The Bertz CT molecular complexity index is 860. The van der Waals surface area contributed by atoms with Gasteiger partial charge in [0.15, 0.2) is 0 Å². The van der Waals surface area contributed by atoms with Crippen LogP contribution in [0.5, 0.6) is 0 Å². The Balaban J connectivity index is 1.76. The van der Waals surface area contributed by atoms with Crippen LogP contribution >= 0.6 is 0 Å². The van der Waals surface area contributed by atoms with E-state index in [0.717, 1.165) is 16.8 Å². The van der Waals surface area contributed by atoms with Crippen molar-refractivity contribution in [1.29, 1.82) is 0 Å². The van der Waals surface area contributed by atoms with Gasteiger partial charge in [-0.15, -0.1) is 10.2 Å². The Labute approximate surface area is 146 Å². The largest absolute Gasteiger partial charge is 0.378 e. The minimum Gasteiger partial charge on any atom is -0.378 e. The van der Waals surface area contributed by atoms with Crippen LogP contribution in [-0.4, -0.2) is 52.6 Å². The number of rotatable bonds is 5. The zero-order valence-electron chi connectivity index (χ0n) is 14.5. The Hall–Kier alpha value is -3.22. The molecule has 0 aliphatic heterocycles. The van der Waals surface area contributed by atoms with E-state index < -0.39 is 0 Å². The third kappa shape index (κ3) is 3.82. The van der Waals surface area contributed by atoms with Crippen molar-refractivity contribution >= 4 is 11.6 Å². The second kappa shape index (κ2) is 7.12. The molecule has 0 bridgehead atoms. The number of hydrogen-bond donors (Lipinski definition) is 1. The number of carbonyl (C=O) groups excluding carboxylic acids is 1. The number of tetrazole rings is 1. The topological polar surface area (TPSA) is 78.0 Å². The molecule has 0 spiro atoms. The molecule has 3 aromatic rings. The summed E-state index contributed by atoms with van der Waals surface area (Å²) in [6, 6.07) is 15.4. The highest BCUT2D eigenvalue weighted by molar-refractivity contribution is 5.95. The minimum atomic E-state index is -0.0198. The van der Waals surface area contributed by atoms with Crippen LogP contribution in [-0.2, 0) is 6.54 Å². The van der Waals surface area contributed by atoms with Crippen molar-refractivity contribution in [3.63, 3.8) is 0 Å². The summed E-state index contributed by atoms with van der Waals surface area (Å²) in [5, 5.41) is 14.0. The lowest BCUT2D eigenvalue weighted by atomic mass is 10.1. The molecule has 0 unspecified atom stereocenters. The number of aromatic nitrogens is 4. The highest BCUT2D eigenvalue weighted by atomic mass is 16.2. The third-order valence-electron chi connectivity index (χ3n) is 3.91. The standard InChI is InChI=1S/C18H20N6O/c1-23(2)16-9-5-8-15(11-16)18(25)24(3)12-13-6-4-7-14(10-13)17-19-21-22-20-17/h4-11H,12H2,1-3H3,(H,19,20,21,22). The zero-order chi connectivity index (χ0) is 17.8. The monoisotopic (exact) mass is 336 g/mol. The highest BCUT2D eigenvalue weighted by Crippen LogP contribution is 2.18. The van der Waals surface area contributed by atoms with Gasteiger partial charge in [-0.3, -0.25) is 4.79 Å². The summed E-state index contributed by atoms with van der Waals surface area (Å²) < 4.78 is 0. The molecule has 1 N–H and O–H groups in total. The van der Waals surface area contributed by atoms with Gasteiger partial charge in [-0.2, -0.15) is 5.21 Å². The molecule has 0 atom stereocenters. The quantitative estimate of drug-likeness (QED) is 0.773. The normalized spacial score (nSPS) is 10.5. The average Bonchev–Trinajstić information content (AvgIpc) is 3.16. The van der Waals surface area contributed by atoms with E-state index in [1.165, 1.54) is 0 Å². The van der Waals surface area contributed by atoms with E-state index in [-0.39, 0.29) is 5.91 Å². The van der Waals surface area contributed by atoms with Crippen LogP contribution in [0, 0.1) is 0 Å². The van der Waals surface area contributed by atoms with E-state index in [1.807, 2.05) is 67.5 Å². The van der Waals surface area contributed by atoms with Gasteiger partial charge in [0.25, 0.3) is 5.91 Å². The van der Waals surface area contributed by atoms with E-state index in [0.29, 0.717) is 17.9 Å². The van der Waals surface area contributed by atoms with Gasteiger partial charge < -0.3 is 9.80 Å². The molecule has 1 amide bonds. The second-order valence-electron chi connectivity index (χ2n) is 6.04. The lowest BCUT2D eigenvalue weighted by Gasteiger charge is -2.19. The summed E-state index contributed by atoms with van der Waals surface area (Å²) in [6.07, 6.45) is 0. The molecule has 1 heterocycles. The summed E-state index contributed by atoms with van der Waals surface area (Å²) in [7, 11) is 5.71. The predicted molar refractivity (Wildman–Crippen MR) is 96.2 cm³/mol. The summed E-state index contributed by atoms with van der Waals surface area (Å²) in [5.74, 6) is 0.517. The number of benzene rings is 2. The highest BCUT2D eigenvalue weighted by Gasteiger charge is 2.13. The smallest absolute Gasteiger partial charge is 0.253 e. The lowest BCUT2D eigenvalue weighted by molar-refractivity contribution is 0.0785. The van der Waals surface area contributed by atoms with Crippen molar-refractivity contribution in [1.82, 2.24) is 25.5 Å². The van der Waals surface area contributed by atoms with Gasteiger partial charge >= 0.3 is 0 Å². The van der Waals surface area contributed by atoms with Gasteiger partial charge in [-0.05, 0) is 35.0 Å². The van der Waals surface area contributed by atoms with Crippen molar-refractivity contribution < 1.29 is 4.79 Å². The van der Waals surface area contributed by atoms with Crippen molar-refractivity contribution in [2.75, 3.05) is 26.0 Å². The Kier molecular flexibility index (Phi) is 4.74. The molecule has 128 valence electrons. The van der Waals surface area contributed by atoms with Gasteiger partial charge in [0.05, 0.1) is 0 Å². The molecule has 0 aliphatic carbocycles. The molecule has 7 nitrogen and oxygen atoms in total. The predicted octanol–water partition coefficient (Wildman–Crippen LogP) is 2.20. The molecule has 0 fully saturated rings. The van der Waals surface area contributed by atoms with E-state index in [2.05, 4.69) is 20.6 Å². The van der Waals surface area contributed by atoms with E-state index >= 15 is 0 Å². The maximum Gasteiger partial charge on any atom is 0.253 e. The van der Waals surface area contributed by atoms with Gasteiger partial charge in [-0.1, -0.05) is 24.3 Å². The molecule has 3 rings (SSSR count). The third-order valence-corrected chi connectivity index (χ3v) is 3.91. The molecule has 0 saturated carbocycles. The van der Waals surface area contributed by atoms with Crippen molar-refractivity contribution in [3.05, 3.63) is 59.7 Å². The molecule has 0 saturated heterocycles. The fourth-order valence-corrected chi connectivity index (χ4v) is 2.58. The van der Waals surface area contributed by atoms with E-state index in [9.17, 15) is 4.79 Å². The first-order valence-corrected chi connectivity index (χ1v) is 7.90. The molecule has 25 heavy (non-hydrogen) atoms. The molecule has 0 radical (unpaired) electrons. The van der Waals surface area contributed by atoms with Gasteiger partial charge in [0.2, 0.25) is 5.82 Å². The number of aromatic amines is 1. The molecule has 0 aliphatic rings. The zero-order valence-corrected chi connectivity index (χ0v) is 14.5. The van der Waals surface area contributed by atoms with Crippen LogP contribution < -0.4 is 4.90 Å². The molecular formula is C18H20N6O. The Morgan fingerprint density at radius 3 is 2.60 bits per heavy atom. The van der Waals surface area contributed by atoms with Crippen LogP contribution in [0.25, 0.3) is 11.4 Å². The van der Waals surface area contributed by atoms with Gasteiger partial charge in [0, 0.05) is 44.5 Å². The summed E-state index contributed by atoms with van der Waals surface area (Å²) in [6.45, 7) is 0.497. The van der Waals surface area contributed by atoms with Crippen LogP contribution in [0.1, 0.15) is 15.9 Å². The number of carbonyl (C=O) groups is 1. The van der Waals surface area contributed by atoms with Crippen molar-refractivity contribution in [3.8, 4) is 11.4 Å². The number of amides is 1. The fourth-order valence-electron chi connectivity index (χ4n) is 2.58. The number of hydrogen-bond acceptors (Lipinski definition) is 5. The summed E-state index contributed by atoms with van der Waals surface area (Å²) in [4.78, 5) is 16.4. The van der Waals surface area contributed by atoms with Gasteiger partial charge in [-0.25, -0.2) is 0 Å². The number of H-pyrrole nitrogens is 1. The minimum absolute atomic E-state index is 0.0198. The second-order valence-corrected chi connectivity index (χ2v) is 6.04. The summed E-state index contributed by atoms with van der Waals surface area (Å²) >= 11 is 0. The molecular weight excluding hydrogens is 316 g/mol. The van der Waals surface area contributed by atoms with E-state index in [1.54, 1.807) is 11.9 Å². The first-order chi connectivity index (χ1) is 12.0. The number of anilines is 1. The Morgan fingerprint density at radius 1 is 1.08 bits per heavy atom. The number of nitrogens with zero attached hydrogens (tertiary/aromatic N) is 5. The maximum atomic E-state index is 12.7. The van der Waals surface area contributed by atoms with E-state index in [4.69, 9.17) is 0 Å². The maximum absolute atomic E-state index is 12.7. The van der Waals surface area contributed by atoms with Crippen LogP contribution in [0.4, 0.5) is 5.69 Å². The molecule has 2 aromatic carbocycles.